The number of aliphatic carboxylic acids is 1. The lowest BCUT2D eigenvalue weighted by Crippen LogP contribution is -2.54. The van der Waals surface area contributed by atoms with Gasteiger partial charge in [0.15, 0.2) is 0 Å². The van der Waals surface area contributed by atoms with Crippen LogP contribution in [0.4, 0.5) is 4.79 Å². The van der Waals surface area contributed by atoms with Gasteiger partial charge >= 0.3 is 12.0 Å². The fraction of sp³-hybridized carbons (Fsp3) is 0.500. The fourth-order valence-corrected chi connectivity index (χ4v) is 2.67. The van der Waals surface area contributed by atoms with Gasteiger partial charge in [0.1, 0.15) is 5.41 Å². The molecule has 1 unspecified atom stereocenters. The predicted molar refractivity (Wildman–Crippen MR) is 80.2 cm³/mol. The minimum atomic E-state index is -1.11. The number of urea groups is 1. The van der Waals surface area contributed by atoms with Gasteiger partial charge in [0.05, 0.1) is 0 Å². The van der Waals surface area contributed by atoms with Crippen molar-refractivity contribution in [2.45, 2.75) is 25.7 Å². The molecule has 1 aromatic rings. The van der Waals surface area contributed by atoms with Crippen molar-refractivity contribution in [3.63, 3.8) is 0 Å². The molecule has 1 aliphatic heterocycles. The quantitative estimate of drug-likeness (QED) is 0.872. The molecule has 1 aliphatic rings. The van der Waals surface area contributed by atoms with Gasteiger partial charge in [0.2, 0.25) is 0 Å². The lowest BCUT2D eigenvalue weighted by atomic mass is 9.71. The SMILES string of the molecule is CC(C)C(CNC(=O)N1CCC1)(C(=O)O)c1ccccc1. The molecular weight excluding hydrogens is 268 g/mol. The summed E-state index contributed by atoms with van der Waals surface area (Å²) in [5, 5.41) is 12.6. The van der Waals surface area contributed by atoms with E-state index in [4.69, 9.17) is 0 Å². The molecule has 1 heterocycles. The van der Waals surface area contributed by atoms with Crippen LogP contribution in [-0.4, -0.2) is 41.6 Å². The number of likely N-dealkylation sites (tertiary alicyclic amines) is 1. The molecule has 2 rings (SSSR count). The molecule has 2 N–H and O–H groups in total. The zero-order chi connectivity index (χ0) is 15.5. The topological polar surface area (TPSA) is 69.6 Å². The zero-order valence-electron chi connectivity index (χ0n) is 12.5. The highest BCUT2D eigenvalue weighted by atomic mass is 16.4. The second-order valence-corrected chi connectivity index (χ2v) is 5.80. The Morgan fingerprint density at radius 2 is 1.90 bits per heavy atom. The highest BCUT2D eigenvalue weighted by Gasteiger charge is 2.44. The van der Waals surface area contributed by atoms with Gasteiger partial charge in [0.25, 0.3) is 0 Å². The van der Waals surface area contributed by atoms with Crippen LogP contribution in [0.3, 0.4) is 0 Å². The van der Waals surface area contributed by atoms with Crippen molar-refractivity contribution in [1.82, 2.24) is 10.2 Å². The summed E-state index contributed by atoms with van der Waals surface area (Å²) in [6.45, 7) is 5.34. The number of benzene rings is 1. The van der Waals surface area contributed by atoms with Crippen molar-refractivity contribution >= 4 is 12.0 Å². The average Bonchev–Trinajstić information content (AvgIpc) is 2.37. The minimum Gasteiger partial charge on any atom is -0.481 e. The highest BCUT2D eigenvalue weighted by Crippen LogP contribution is 2.32. The van der Waals surface area contributed by atoms with E-state index in [-0.39, 0.29) is 18.5 Å². The van der Waals surface area contributed by atoms with Crippen LogP contribution in [0.25, 0.3) is 0 Å². The molecule has 2 amide bonds. The normalized spacial score (nSPS) is 17.0. The van der Waals surface area contributed by atoms with E-state index in [1.54, 1.807) is 4.90 Å². The molecule has 114 valence electrons. The summed E-state index contributed by atoms with van der Waals surface area (Å²) in [4.78, 5) is 25.6. The maximum absolute atomic E-state index is 12.0. The monoisotopic (exact) mass is 290 g/mol. The molecule has 1 saturated heterocycles. The van der Waals surface area contributed by atoms with E-state index in [1.165, 1.54) is 0 Å². The van der Waals surface area contributed by atoms with E-state index in [0.717, 1.165) is 25.1 Å². The van der Waals surface area contributed by atoms with Crippen molar-refractivity contribution < 1.29 is 14.7 Å². The van der Waals surface area contributed by atoms with Gasteiger partial charge in [-0.15, -0.1) is 0 Å². The second kappa shape index (κ2) is 6.16. The molecule has 0 bridgehead atoms. The number of carboxylic acids is 1. The van der Waals surface area contributed by atoms with Gasteiger partial charge in [-0.1, -0.05) is 44.2 Å². The first-order valence-corrected chi connectivity index (χ1v) is 7.30. The van der Waals surface area contributed by atoms with Crippen molar-refractivity contribution in [3.8, 4) is 0 Å². The number of hydrogen-bond acceptors (Lipinski definition) is 2. The van der Waals surface area contributed by atoms with Crippen LogP contribution in [0.2, 0.25) is 0 Å². The Labute approximate surface area is 125 Å². The molecule has 1 fully saturated rings. The summed E-state index contributed by atoms with van der Waals surface area (Å²) in [5.41, 5.74) is -0.390. The van der Waals surface area contributed by atoms with Gasteiger partial charge in [-0.2, -0.15) is 0 Å². The third-order valence-electron chi connectivity index (χ3n) is 4.32. The van der Waals surface area contributed by atoms with Crippen molar-refractivity contribution in [3.05, 3.63) is 35.9 Å². The van der Waals surface area contributed by atoms with Crippen LogP contribution < -0.4 is 5.32 Å². The molecule has 21 heavy (non-hydrogen) atoms. The third kappa shape index (κ3) is 2.86. The molecule has 0 radical (unpaired) electrons. The van der Waals surface area contributed by atoms with Crippen molar-refractivity contribution in [1.29, 1.82) is 0 Å². The van der Waals surface area contributed by atoms with Crippen molar-refractivity contribution in [2.24, 2.45) is 5.92 Å². The van der Waals surface area contributed by atoms with Crippen LogP contribution in [0, 0.1) is 5.92 Å². The molecule has 0 aromatic heterocycles. The van der Waals surface area contributed by atoms with E-state index in [0.29, 0.717) is 0 Å². The summed E-state index contributed by atoms with van der Waals surface area (Å²) in [6.07, 6.45) is 1.01. The Balaban J connectivity index is 2.23. The summed E-state index contributed by atoms with van der Waals surface area (Å²) < 4.78 is 0. The third-order valence-corrected chi connectivity index (χ3v) is 4.32. The van der Waals surface area contributed by atoms with E-state index in [2.05, 4.69) is 5.32 Å². The van der Waals surface area contributed by atoms with Crippen LogP contribution in [0.15, 0.2) is 30.3 Å². The lowest BCUT2D eigenvalue weighted by Gasteiger charge is -2.36. The lowest BCUT2D eigenvalue weighted by molar-refractivity contribution is -0.145. The van der Waals surface area contributed by atoms with Crippen LogP contribution >= 0.6 is 0 Å². The number of nitrogens with zero attached hydrogens (tertiary/aromatic N) is 1. The summed E-state index contributed by atoms with van der Waals surface area (Å²) in [7, 11) is 0. The van der Waals surface area contributed by atoms with E-state index in [1.807, 2.05) is 44.2 Å². The maximum Gasteiger partial charge on any atom is 0.317 e. The zero-order valence-corrected chi connectivity index (χ0v) is 12.5. The Morgan fingerprint density at radius 3 is 2.33 bits per heavy atom. The number of rotatable bonds is 5. The summed E-state index contributed by atoms with van der Waals surface area (Å²) >= 11 is 0. The Morgan fingerprint density at radius 1 is 1.29 bits per heavy atom. The van der Waals surface area contributed by atoms with Gasteiger partial charge in [-0.25, -0.2) is 4.79 Å². The van der Waals surface area contributed by atoms with Gasteiger partial charge < -0.3 is 15.3 Å². The number of carboxylic acid groups (broad SMARTS) is 1. The molecule has 5 heteroatoms. The number of carbonyl (C=O) groups is 2. The molecule has 1 atom stereocenters. The van der Waals surface area contributed by atoms with Gasteiger partial charge in [-0.3, -0.25) is 4.79 Å². The van der Waals surface area contributed by atoms with E-state index >= 15 is 0 Å². The fourth-order valence-electron chi connectivity index (χ4n) is 2.67. The maximum atomic E-state index is 12.0. The highest BCUT2D eigenvalue weighted by molar-refractivity contribution is 5.84. The van der Waals surface area contributed by atoms with E-state index < -0.39 is 11.4 Å². The molecule has 5 nitrogen and oxygen atoms in total. The predicted octanol–water partition coefficient (Wildman–Crippen LogP) is 2.08. The molecule has 1 aromatic carbocycles. The Bertz CT molecular complexity index is 512. The average molecular weight is 290 g/mol. The molecular formula is C16H22N2O3. The van der Waals surface area contributed by atoms with Crippen LogP contribution in [0.1, 0.15) is 25.8 Å². The molecule has 0 saturated carbocycles. The smallest absolute Gasteiger partial charge is 0.317 e. The van der Waals surface area contributed by atoms with Crippen LogP contribution in [-0.2, 0) is 10.2 Å². The van der Waals surface area contributed by atoms with Crippen LogP contribution in [0.5, 0.6) is 0 Å². The van der Waals surface area contributed by atoms with Gasteiger partial charge in [-0.05, 0) is 17.9 Å². The summed E-state index contributed by atoms with van der Waals surface area (Å²) in [6, 6.07) is 8.95. The molecule has 0 spiro atoms. The first kappa shape index (κ1) is 15.4. The van der Waals surface area contributed by atoms with E-state index in [9.17, 15) is 14.7 Å². The van der Waals surface area contributed by atoms with Gasteiger partial charge in [0, 0.05) is 19.6 Å². The number of hydrogen-bond donors (Lipinski definition) is 2. The summed E-state index contributed by atoms with van der Waals surface area (Å²) in [5.74, 6) is -1.05. The Hall–Kier alpha value is -2.04. The van der Waals surface area contributed by atoms with Crippen molar-refractivity contribution in [2.75, 3.05) is 19.6 Å². The standard InChI is InChI=1S/C16H22N2O3/c1-12(2)16(14(19)20,13-7-4-3-5-8-13)11-17-15(21)18-9-6-10-18/h3-5,7-8,12H,6,9-11H2,1-2H3,(H,17,21)(H,19,20). The Kier molecular flexibility index (Phi) is 4.50. The second-order valence-electron chi connectivity index (χ2n) is 5.80. The molecule has 0 aliphatic carbocycles. The first-order chi connectivity index (χ1) is 9.98. The number of carbonyl (C=O) groups excluding carboxylic acids is 1. The first-order valence-electron chi connectivity index (χ1n) is 7.30. The largest absolute Gasteiger partial charge is 0.481 e. The minimum absolute atomic E-state index is 0.0966. The number of amides is 2. The number of nitrogens with one attached hydrogen (secondary N) is 1.